The van der Waals surface area contributed by atoms with Crippen LogP contribution in [0.4, 0.5) is 14.5 Å². The molecule has 0 bridgehead atoms. The van der Waals surface area contributed by atoms with Gasteiger partial charge in [0, 0.05) is 16.6 Å². The van der Waals surface area contributed by atoms with Crippen molar-refractivity contribution in [2.75, 3.05) is 11.9 Å². The summed E-state index contributed by atoms with van der Waals surface area (Å²) in [7, 11) is -3.77. The third kappa shape index (κ3) is 4.09. The van der Waals surface area contributed by atoms with Crippen LogP contribution in [0.3, 0.4) is 0 Å². The van der Waals surface area contributed by atoms with Gasteiger partial charge in [-0.25, -0.2) is 21.9 Å². The first-order valence-electron chi connectivity index (χ1n) is 6.09. The Morgan fingerprint density at radius 1 is 1.18 bits per heavy atom. The van der Waals surface area contributed by atoms with E-state index in [1.54, 1.807) is 13.0 Å². The lowest BCUT2D eigenvalue weighted by Gasteiger charge is -2.07. The van der Waals surface area contributed by atoms with Crippen molar-refractivity contribution < 1.29 is 22.0 Å². The second-order valence-corrected chi connectivity index (χ2v) is 7.65. The van der Waals surface area contributed by atoms with Crippen molar-refractivity contribution in [3.63, 3.8) is 0 Å². The summed E-state index contributed by atoms with van der Waals surface area (Å²) in [6.45, 7) is 1.25. The van der Waals surface area contributed by atoms with Gasteiger partial charge < -0.3 is 5.32 Å². The van der Waals surface area contributed by atoms with Crippen molar-refractivity contribution >= 4 is 33.0 Å². The number of carbonyl (C=O) groups is 1. The van der Waals surface area contributed by atoms with Gasteiger partial charge in [0.2, 0.25) is 5.91 Å². The number of hydrogen-bond donors (Lipinski definition) is 2. The molecule has 5 nitrogen and oxygen atoms in total. The van der Waals surface area contributed by atoms with Crippen LogP contribution in [0.1, 0.15) is 4.88 Å². The molecule has 1 amide bonds. The van der Waals surface area contributed by atoms with E-state index in [9.17, 15) is 22.0 Å². The van der Waals surface area contributed by atoms with Crippen molar-refractivity contribution in [1.82, 2.24) is 4.72 Å². The van der Waals surface area contributed by atoms with E-state index in [-0.39, 0.29) is 9.90 Å². The molecule has 9 heteroatoms. The number of sulfonamides is 1. The number of carbonyl (C=O) groups excluding carboxylic acids is 1. The maximum absolute atomic E-state index is 13.0. The number of rotatable bonds is 5. The Morgan fingerprint density at radius 2 is 1.91 bits per heavy atom. The molecule has 1 aromatic heterocycles. The van der Waals surface area contributed by atoms with E-state index in [2.05, 4.69) is 10.0 Å². The number of nitrogens with one attached hydrogen (secondary N) is 2. The Bertz CT molecular complexity index is 803. The van der Waals surface area contributed by atoms with Gasteiger partial charge in [-0.15, -0.1) is 11.3 Å². The summed E-state index contributed by atoms with van der Waals surface area (Å²) in [5.74, 6) is -2.83. The van der Waals surface area contributed by atoms with Gasteiger partial charge >= 0.3 is 0 Å². The molecule has 0 unspecified atom stereocenters. The topological polar surface area (TPSA) is 75.3 Å². The third-order valence-corrected chi connectivity index (χ3v) is 5.50. The Hall–Kier alpha value is -1.84. The van der Waals surface area contributed by atoms with Crippen LogP contribution < -0.4 is 10.0 Å². The smallest absolute Gasteiger partial charge is 0.250 e. The van der Waals surface area contributed by atoms with Crippen LogP contribution >= 0.6 is 11.3 Å². The highest BCUT2D eigenvalue weighted by Crippen LogP contribution is 2.20. The minimum absolute atomic E-state index is 0.0371. The first-order valence-corrected chi connectivity index (χ1v) is 8.39. The van der Waals surface area contributed by atoms with Gasteiger partial charge in [-0.3, -0.25) is 4.79 Å². The molecule has 2 rings (SSSR count). The van der Waals surface area contributed by atoms with Crippen molar-refractivity contribution in [2.24, 2.45) is 0 Å². The van der Waals surface area contributed by atoms with Crippen molar-refractivity contribution in [1.29, 1.82) is 0 Å². The minimum Gasteiger partial charge on any atom is -0.325 e. The molecule has 0 aliphatic carbocycles. The van der Waals surface area contributed by atoms with Gasteiger partial charge in [0.15, 0.2) is 11.6 Å². The van der Waals surface area contributed by atoms with E-state index in [4.69, 9.17) is 0 Å². The molecule has 0 fully saturated rings. The number of benzene rings is 1. The Balaban J connectivity index is 1.96. The van der Waals surface area contributed by atoms with Crippen LogP contribution in [-0.2, 0) is 14.8 Å². The zero-order chi connectivity index (χ0) is 16.3. The fraction of sp³-hybridized carbons (Fsp3) is 0.154. The van der Waals surface area contributed by atoms with E-state index >= 15 is 0 Å². The number of amides is 1. The predicted molar refractivity (Wildman–Crippen MR) is 79.2 cm³/mol. The average Bonchev–Trinajstić information content (AvgIpc) is 2.88. The van der Waals surface area contributed by atoms with Crippen LogP contribution in [0.25, 0.3) is 0 Å². The van der Waals surface area contributed by atoms with E-state index in [1.807, 2.05) is 0 Å². The second kappa shape index (κ2) is 6.51. The van der Waals surface area contributed by atoms with Crippen LogP contribution in [0.15, 0.2) is 34.5 Å². The fourth-order valence-electron chi connectivity index (χ4n) is 1.57. The van der Waals surface area contributed by atoms with Gasteiger partial charge in [-0.2, -0.15) is 0 Å². The molecule has 0 aliphatic heterocycles. The maximum atomic E-state index is 13.0. The first-order chi connectivity index (χ1) is 10.3. The van der Waals surface area contributed by atoms with Crippen molar-refractivity contribution in [3.8, 4) is 0 Å². The van der Waals surface area contributed by atoms with E-state index in [0.717, 1.165) is 28.3 Å². The number of anilines is 1. The molecule has 0 radical (unpaired) electrons. The van der Waals surface area contributed by atoms with Crippen molar-refractivity contribution in [2.45, 2.75) is 11.1 Å². The summed E-state index contributed by atoms with van der Waals surface area (Å²) in [6.07, 6.45) is 0. The lowest BCUT2D eigenvalue weighted by molar-refractivity contribution is -0.115. The molecular formula is C13H12F2N2O3S2. The highest BCUT2D eigenvalue weighted by atomic mass is 32.2. The molecule has 2 N–H and O–H groups in total. The molecule has 0 saturated carbocycles. The summed E-state index contributed by atoms with van der Waals surface area (Å²) in [4.78, 5) is 12.5. The third-order valence-electron chi connectivity index (χ3n) is 2.61. The van der Waals surface area contributed by atoms with Crippen LogP contribution in [0.2, 0.25) is 0 Å². The largest absolute Gasteiger partial charge is 0.325 e. The van der Waals surface area contributed by atoms with Crippen LogP contribution in [0, 0.1) is 18.6 Å². The molecule has 22 heavy (non-hydrogen) atoms. The molecule has 118 valence electrons. The van der Waals surface area contributed by atoms with Crippen molar-refractivity contribution in [3.05, 3.63) is 46.8 Å². The number of aryl methyl sites for hydroxylation is 1. The Morgan fingerprint density at radius 3 is 2.50 bits per heavy atom. The number of hydrogen-bond acceptors (Lipinski definition) is 4. The van der Waals surface area contributed by atoms with Crippen LogP contribution in [0.5, 0.6) is 0 Å². The van der Waals surface area contributed by atoms with E-state index in [0.29, 0.717) is 0 Å². The van der Waals surface area contributed by atoms with Gasteiger partial charge in [0.1, 0.15) is 4.21 Å². The summed E-state index contributed by atoms with van der Waals surface area (Å²) in [5.41, 5.74) is 0.0371. The normalized spacial score (nSPS) is 11.4. The summed E-state index contributed by atoms with van der Waals surface area (Å²) >= 11 is 1.08. The molecule has 0 spiro atoms. The molecule has 0 atom stereocenters. The predicted octanol–water partition coefficient (Wildman–Crippen LogP) is 2.25. The van der Waals surface area contributed by atoms with Gasteiger partial charge in [-0.05, 0) is 31.2 Å². The van der Waals surface area contributed by atoms with Crippen LogP contribution in [-0.4, -0.2) is 20.9 Å². The van der Waals surface area contributed by atoms with E-state index < -0.39 is 34.1 Å². The molecule has 1 heterocycles. The second-order valence-electron chi connectivity index (χ2n) is 4.37. The van der Waals surface area contributed by atoms with Gasteiger partial charge in [0.05, 0.1) is 6.54 Å². The SMILES string of the molecule is Cc1ccc(S(=O)(=O)NCC(=O)Nc2ccc(F)c(F)c2)s1. The Kier molecular flexibility index (Phi) is 4.89. The molecule has 2 aromatic rings. The van der Waals surface area contributed by atoms with Gasteiger partial charge in [-0.1, -0.05) is 0 Å². The monoisotopic (exact) mass is 346 g/mol. The number of thiophene rings is 1. The summed E-state index contributed by atoms with van der Waals surface area (Å²) in [5, 5.41) is 2.27. The fourth-order valence-corrected chi connectivity index (χ4v) is 3.88. The lowest BCUT2D eigenvalue weighted by atomic mass is 10.3. The standard InChI is InChI=1S/C13H12F2N2O3S2/c1-8-2-5-13(21-8)22(19,20)16-7-12(18)17-9-3-4-10(14)11(15)6-9/h2-6,16H,7H2,1H3,(H,17,18). The molecule has 1 aromatic carbocycles. The quantitative estimate of drug-likeness (QED) is 0.872. The molecule has 0 aliphatic rings. The maximum Gasteiger partial charge on any atom is 0.250 e. The minimum atomic E-state index is -3.77. The highest BCUT2D eigenvalue weighted by Gasteiger charge is 2.17. The Labute approximate surface area is 130 Å². The average molecular weight is 346 g/mol. The summed E-state index contributed by atoms with van der Waals surface area (Å²) < 4.78 is 51.8. The lowest BCUT2D eigenvalue weighted by Crippen LogP contribution is -2.32. The zero-order valence-electron chi connectivity index (χ0n) is 11.4. The summed E-state index contributed by atoms with van der Waals surface area (Å²) in [6, 6.07) is 5.94. The zero-order valence-corrected chi connectivity index (χ0v) is 13.0. The highest BCUT2D eigenvalue weighted by molar-refractivity contribution is 7.91. The first kappa shape index (κ1) is 16.5. The molecular weight excluding hydrogens is 334 g/mol. The van der Waals surface area contributed by atoms with Gasteiger partial charge in [0.25, 0.3) is 10.0 Å². The number of halogens is 2. The molecule has 0 saturated heterocycles. The van der Waals surface area contributed by atoms with E-state index in [1.165, 1.54) is 12.1 Å².